The molecule has 31 aromatic rings. The monoisotopic (exact) mass is 1850 g/mol. The summed E-state index contributed by atoms with van der Waals surface area (Å²) in [6.07, 6.45) is 0. The summed E-state index contributed by atoms with van der Waals surface area (Å²) >= 11 is 5.64. The fourth-order valence-corrected chi connectivity index (χ4v) is 26.1. The van der Waals surface area contributed by atoms with Crippen LogP contribution in [0.3, 0.4) is 0 Å². The van der Waals surface area contributed by atoms with Crippen LogP contribution in [0.4, 0.5) is 0 Å². The van der Waals surface area contributed by atoms with E-state index in [4.69, 9.17) is 0 Å². The van der Waals surface area contributed by atoms with Crippen molar-refractivity contribution in [1.82, 2.24) is 27.4 Å². The lowest BCUT2D eigenvalue weighted by Crippen LogP contribution is -1.97. The molecule has 0 N–H and O–H groups in total. The number of hydrogen-bond donors (Lipinski definition) is 0. The summed E-state index contributed by atoms with van der Waals surface area (Å²) in [6, 6.07) is 182. The number of nitrogens with zero attached hydrogens (tertiary/aromatic N) is 6. The molecule has 0 aliphatic heterocycles. The molecule has 0 spiro atoms. The maximum Gasteiger partial charge on any atom is 0.0562 e. The molecular weight excluding hydrogens is 1770 g/mol. The van der Waals surface area contributed by atoms with E-state index < -0.39 is 0 Å². The van der Waals surface area contributed by atoms with Crippen molar-refractivity contribution in [3.8, 4) is 78.6 Å². The van der Waals surface area contributed by atoms with Crippen molar-refractivity contribution in [2.45, 2.75) is 0 Å². The molecular formula is C132H82N6S3. The first-order valence-electron chi connectivity index (χ1n) is 48.1. The molecule has 0 aliphatic carbocycles. The quantitative estimate of drug-likeness (QED) is 0.131. The molecule has 0 radical (unpaired) electrons. The fourth-order valence-electron chi connectivity index (χ4n) is 22.7. The van der Waals surface area contributed by atoms with E-state index in [9.17, 15) is 0 Å². The number of aromatic nitrogens is 6. The maximum absolute atomic E-state index is 2.47. The molecule has 658 valence electrons. The third-order valence-corrected chi connectivity index (χ3v) is 32.4. The first kappa shape index (κ1) is 80.6. The summed E-state index contributed by atoms with van der Waals surface area (Å²) in [4.78, 5) is 0. The number of para-hydroxylation sites is 7. The molecule has 0 saturated carbocycles. The summed E-state index contributed by atoms with van der Waals surface area (Å²) in [5.74, 6) is 0. The molecule has 0 unspecified atom stereocenters. The zero-order valence-corrected chi connectivity index (χ0v) is 78.7. The van der Waals surface area contributed by atoms with Crippen LogP contribution in [0.2, 0.25) is 0 Å². The minimum atomic E-state index is 1.15. The first-order valence-corrected chi connectivity index (χ1v) is 50.6. The molecule has 22 aromatic carbocycles. The Bertz CT molecular complexity index is 10400. The molecule has 141 heavy (non-hydrogen) atoms. The average molecular weight is 1850 g/mol. The number of thiophene rings is 3. The number of benzene rings is 22. The van der Waals surface area contributed by atoms with E-state index in [0.29, 0.717) is 0 Å². The molecule has 0 fully saturated rings. The van der Waals surface area contributed by atoms with Gasteiger partial charge in [-0.05, 0) is 239 Å². The van der Waals surface area contributed by atoms with Crippen LogP contribution in [0, 0.1) is 0 Å². The fraction of sp³-hybridized carbons (Fsp3) is 0. The van der Waals surface area contributed by atoms with Crippen LogP contribution in [0.15, 0.2) is 497 Å². The topological polar surface area (TPSA) is 29.6 Å². The van der Waals surface area contributed by atoms with E-state index in [1.54, 1.807) is 0 Å². The minimum Gasteiger partial charge on any atom is -0.309 e. The summed E-state index contributed by atoms with van der Waals surface area (Å²) in [7, 11) is 0. The van der Waals surface area contributed by atoms with E-state index in [0.717, 1.165) is 22.7 Å². The molecule has 9 heterocycles. The predicted molar refractivity (Wildman–Crippen MR) is 606 cm³/mol. The Morgan fingerprint density at radius 3 is 0.688 bits per heavy atom. The van der Waals surface area contributed by atoms with Gasteiger partial charge in [-0.15, -0.1) is 34.0 Å². The molecule has 0 amide bonds. The van der Waals surface area contributed by atoms with Crippen molar-refractivity contribution in [2.24, 2.45) is 0 Å². The van der Waals surface area contributed by atoms with Gasteiger partial charge in [-0.1, -0.05) is 303 Å². The predicted octanol–water partition coefficient (Wildman–Crippen LogP) is 37.4. The normalized spacial score (nSPS) is 12.0. The van der Waals surface area contributed by atoms with E-state index in [2.05, 4.69) is 525 Å². The Hall–Kier alpha value is -17.7. The highest BCUT2D eigenvalue weighted by molar-refractivity contribution is 7.26. The lowest BCUT2D eigenvalue weighted by atomic mass is 9.98. The third kappa shape index (κ3) is 13.0. The Morgan fingerprint density at radius 2 is 0.326 bits per heavy atom. The van der Waals surface area contributed by atoms with Gasteiger partial charge in [0, 0.05) is 159 Å². The van der Waals surface area contributed by atoms with Crippen LogP contribution in [0.1, 0.15) is 0 Å². The summed E-state index contributed by atoms with van der Waals surface area (Å²) < 4.78 is 22.6. The Labute approximate surface area is 822 Å². The number of hydrogen-bond acceptors (Lipinski definition) is 3. The third-order valence-electron chi connectivity index (χ3n) is 29.0. The van der Waals surface area contributed by atoms with Crippen molar-refractivity contribution >= 4 is 225 Å². The molecule has 0 bridgehead atoms. The van der Waals surface area contributed by atoms with Crippen LogP contribution in [-0.2, 0) is 0 Å². The molecule has 9 aromatic heterocycles. The second-order valence-electron chi connectivity index (χ2n) is 37.0. The van der Waals surface area contributed by atoms with Gasteiger partial charge in [0.25, 0.3) is 0 Å². The van der Waals surface area contributed by atoms with E-state index in [1.807, 2.05) is 34.0 Å². The van der Waals surface area contributed by atoms with Crippen molar-refractivity contribution in [3.63, 3.8) is 0 Å². The molecule has 0 aliphatic rings. The summed E-state index contributed by atoms with van der Waals surface area (Å²) in [6.45, 7) is 0. The summed E-state index contributed by atoms with van der Waals surface area (Å²) in [5.41, 5.74) is 31.3. The highest BCUT2D eigenvalue weighted by Crippen LogP contribution is 2.50. The number of fused-ring (bicyclic) bond motifs is 27. The lowest BCUT2D eigenvalue weighted by molar-refractivity contribution is 1.17. The Balaban J connectivity index is 0.000000102. The lowest BCUT2D eigenvalue weighted by Gasteiger charge is -2.14. The average Bonchev–Trinajstić information content (AvgIpc) is 1.55. The van der Waals surface area contributed by atoms with Crippen LogP contribution >= 0.6 is 34.0 Å². The molecule has 31 rings (SSSR count). The van der Waals surface area contributed by atoms with Crippen molar-refractivity contribution < 1.29 is 0 Å². The van der Waals surface area contributed by atoms with Crippen LogP contribution in [-0.4, -0.2) is 27.4 Å². The van der Waals surface area contributed by atoms with E-state index in [1.165, 1.54) is 247 Å². The van der Waals surface area contributed by atoms with Gasteiger partial charge in [0.1, 0.15) is 0 Å². The highest BCUT2D eigenvalue weighted by atomic mass is 32.1. The maximum atomic E-state index is 2.47. The van der Waals surface area contributed by atoms with Crippen molar-refractivity contribution in [1.29, 1.82) is 0 Å². The van der Waals surface area contributed by atoms with Gasteiger partial charge in [-0.2, -0.15) is 0 Å². The van der Waals surface area contributed by atoms with Gasteiger partial charge >= 0.3 is 0 Å². The molecule has 6 nitrogen and oxygen atoms in total. The Kier molecular flexibility index (Phi) is 18.6. The van der Waals surface area contributed by atoms with E-state index >= 15 is 0 Å². The minimum absolute atomic E-state index is 1.15. The van der Waals surface area contributed by atoms with Gasteiger partial charge < -0.3 is 27.4 Å². The van der Waals surface area contributed by atoms with Gasteiger partial charge in [0.05, 0.1) is 66.2 Å². The summed E-state index contributed by atoms with van der Waals surface area (Å²) in [5, 5.41) is 23.2. The van der Waals surface area contributed by atoms with Gasteiger partial charge in [0.2, 0.25) is 0 Å². The van der Waals surface area contributed by atoms with Gasteiger partial charge in [-0.3, -0.25) is 0 Å². The van der Waals surface area contributed by atoms with Gasteiger partial charge in [0.15, 0.2) is 0 Å². The second kappa shape index (κ2) is 32.5. The zero-order chi connectivity index (χ0) is 92.4. The zero-order valence-electron chi connectivity index (χ0n) is 76.3. The van der Waals surface area contributed by atoms with Crippen molar-refractivity contribution in [3.05, 3.63) is 497 Å². The second-order valence-corrected chi connectivity index (χ2v) is 40.2. The first-order chi connectivity index (χ1) is 69.9. The van der Waals surface area contributed by atoms with Crippen LogP contribution < -0.4 is 0 Å². The van der Waals surface area contributed by atoms with Crippen molar-refractivity contribution in [2.75, 3.05) is 0 Å². The van der Waals surface area contributed by atoms with E-state index in [-0.39, 0.29) is 0 Å². The Morgan fingerprint density at radius 1 is 0.0993 bits per heavy atom. The molecule has 0 saturated heterocycles. The highest BCUT2D eigenvalue weighted by Gasteiger charge is 2.27. The molecule has 0 atom stereocenters. The number of rotatable bonds is 10. The van der Waals surface area contributed by atoms with Gasteiger partial charge in [-0.25, -0.2) is 0 Å². The largest absolute Gasteiger partial charge is 0.309 e. The SMILES string of the molecule is c1ccc(-c2cc(-c3ccccc3)cc(-n3c4ccccc4c4cc5c6cc7c(cc6n(-c6ccccc6)c5cc43)sc3ccccc37)c2)cc1.c1ccc(-c2cccc(-n3c4ccccc4c4cc5c6cc7c(cc6n(-c6ccccc6)c5cc43)sc3ccc(-c4ccccc4)cc37)c2)cc1.c1ccc(-n2c3ccccc3c3cc4c5cc6c(cc5n(-c5ccccc5)c4cc32)sc2ccccc26)cc1. The van der Waals surface area contributed by atoms with Crippen LogP contribution in [0.5, 0.6) is 0 Å². The van der Waals surface area contributed by atoms with Crippen LogP contribution in [0.25, 0.3) is 270 Å². The molecule has 9 heteroatoms. The standard InChI is InChI=1S/2C48H30N2S.C36H22N2S/c1-4-14-31(15-5-1)33-24-34(32-16-6-2-7-17-32)26-36(25-33)50-43-22-12-10-20-37(43)39-27-40-41-28-42-38-21-11-13-23-47(38)51-48(42)30-46(41)49(45(40)29-44(39)50)35-18-8-3-9-19-35;1-4-13-31(14-5-1)33-17-12-20-36(25-33)50-43-22-11-10-21-37(43)38-27-39-40-28-42-41-26-34(32-15-6-2-7-16-32)23-24-47(41)51-48(42)30-46(40)49(45(39)29-44(38)50)35-18-8-3-9-19-35;1-3-11-23(12-4-1)37-31-17-9-7-15-25(31)27-19-28-29-20-30-26-16-8-10-18-35(26)39-36(30)22-34(29)38(33(28)21-32(27)37)24-13-5-2-6-14-24/h2*1-30H;1-22H. The smallest absolute Gasteiger partial charge is 0.0562 e.